The molecule has 0 saturated heterocycles. The van der Waals surface area contributed by atoms with Gasteiger partial charge in [0.2, 0.25) is 0 Å². The number of rotatable bonds is 4. The predicted molar refractivity (Wildman–Crippen MR) is 48.9 cm³/mol. The molecule has 1 atom stereocenters. The molecule has 14 heavy (non-hydrogen) atoms. The summed E-state index contributed by atoms with van der Waals surface area (Å²) in [5.74, 6) is -2.76. The van der Waals surface area contributed by atoms with Gasteiger partial charge in [-0.1, -0.05) is 13.8 Å². The minimum absolute atomic E-state index is 0.233. The summed E-state index contributed by atoms with van der Waals surface area (Å²) in [7, 11) is 0. The van der Waals surface area contributed by atoms with Crippen molar-refractivity contribution in [3.63, 3.8) is 0 Å². The van der Waals surface area contributed by atoms with Crippen molar-refractivity contribution >= 4 is 11.8 Å². The van der Waals surface area contributed by atoms with Crippen molar-refractivity contribution in [3.8, 4) is 0 Å². The third-order valence-electron chi connectivity index (χ3n) is 1.98. The first-order valence-electron chi connectivity index (χ1n) is 4.29. The van der Waals surface area contributed by atoms with Crippen molar-refractivity contribution in [2.45, 2.75) is 13.8 Å². The third kappa shape index (κ3) is 1.99. The number of ketones is 1. The van der Waals surface area contributed by atoms with E-state index in [2.05, 4.69) is 9.97 Å². The van der Waals surface area contributed by atoms with Gasteiger partial charge < -0.3 is 10.1 Å². The van der Waals surface area contributed by atoms with E-state index >= 15 is 0 Å². The number of nitrogens with zero attached hydrogens (tertiary/aromatic N) is 1. The highest BCUT2D eigenvalue weighted by atomic mass is 16.4. The molecule has 5 heteroatoms. The normalized spacial score (nSPS) is 12.8. The van der Waals surface area contributed by atoms with E-state index in [1.807, 2.05) is 0 Å². The fourth-order valence-corrected chi connectivity index (χ4v) is 1.26. The molecule has 5 nitrogen and oxygen atoms in total. The predicted octanol–water partition coefficient (Wildman–Crippen LogP) is 0.949. The summed E-state index contributed by atoms with van der Waals surface area (Å²) in [4.78, 5) is 28.7. The highest BCUT2D eigenvalue weighted by molar-refractivity contribution is 6.07. The number of carbonyl (C=O) groups excluding carboxylic acids is 1. The zero-order chi connectivity index (χ0) is 10.7. The largest absolute Gasteiger partial charge is 0.481 e. The van der Waals surface area contributed by atoms with Crippen LogP contribution in [0, 0.1) is 11.8 Å². The quantitative estimate of drug-likeness (QED) is 0.554. The summed E-state index contributed by atoms with van der Waals surface area (Å²) in [6.45, 7) is 3.40. The van der Waals surface area contributed by atoms with Crippen molar-refractivity contribution in [1.82, 2.24) is 9.97 Å². The van der Waals surface area contributed by atoms with Gasteiger partial charge in [-0.2, -0.15) is 0 Å². The van der Waals surface area contributed by atoms with Crippen molar-refractivity contribution in [3.05, 3.63) is 18.2 Å². The van der Waals surface area contributed by atoms with Crippen LogP contribution in [0.3, 0.4) is 0 Å². The topological polar surface area (TPSA) is 83.0 Å². The molecule has 1 unspecified atom stereocenters. The van der Waals surface area contributed by atoms with E-state index in [0.29, 0.717) is 0 Å². The molecule has 2 N–H and O–H groups in total. The Morgan fingerprint density at radius 2 is 2.14 bits per heavy atom. The Hall–Kier alpha value is -1.65. The number of aromatic nitrogens is 2. The molecular formula is C9H12N2O3. The summed E-state index contributed by atoms with van der Waals surface area (Å²) in [6.07, 6.45) is 2.69. The zero-order valence-electron chi connectivity index (χ0n) is 8.02. The molecule has 0 saturated carbocycles. The third-order valence-corrected chi connectivity index (χ3v) is 1.98. The average Bonchev–Trinajstić information content (AvgIpc) is 2.53. The number of nitrogens with one attached hydrogen (secondary N) is 1. The van der Waals surface area contributed by atoms with Crippen LogP contribution in [0.4, 0.5) is 0 Å². The van der Waals surface area contributed by atoms with Gasteiger partial charge in [-0.3, -0.25) is 9.59 Å². The molecule has 0 aliphatic carbocycles. The van der Waals surface area contributed by atoms with Gasteiger partial charge in [-0.25, -0.2) is 4.98 Å². The van der Waals surface area contributed by atoms with E-state index in [1.165, 1.54) is 12.5 Å². The highest BCUT2D eigenvalue weighted by Gasteiger charge is 2.30. The maximum Gasteiger partial charge on any atom is 0.314 e. The smallest absolute Gasteiger partial charge is 0.314 e. The van der Waals surface area contributed by atoms with E-state index in [9.17, 15) is 9.59 Å². The van der Waals surface area contributed by atoms with Crippen LogP contribution in [0.1, 0.15) is 24.3 Å². The van der Waals surface area contributed by atoms with E-state index in [4.69, 9.17) is 5.11 Å². The summed E-state index contributed by atoms with van der Waals surface area (Å²) >= 11 is 0. The minimum Gasteiger partial charge on any atom is -0.481 e. The van der Waals surface area contributed by atoms with Gasteiger partial charge in [0, 0.05) is 0 Å². The number of aromatic amines is 1. The minimum atomic E-state index is -1.10. The number of hydrogen-bond acceptors (Lipinski definition) is 3. The molecule has 1 aromatic heterocycles. The Morgan fingerprint density at radius 3 is 2.50 bits per heavy atom. The lowest BCUT2D eigenvalue weighted by Gasteiger charge is -2.13. The molecule has 1 rings (SSSR count). The van der Waals surface area contributed by atoms with Crippen LogP contribution in [-0.2, 0) is 4.79 Å². The summed E-state index contributed by atoms with van der Waals surface area (Å²) in [5.41, 5.74) is 0.242. The average molecular weight is 196 g/mol. The highest BCUT2D eigenvalue weighted by Crippen LogP contribution is 2.16. The van der Waals surface area contributed by atoms with Gasteiger partial charge in [0.15, 0.2) is 5.78 Å². The van der Waals surface area contributed by atoms with Crippen molar-refractivity contribution in [2.75, 3.05) is 0 Å². The monoisotopic (exact) mass is 196 g/mol. The fourth-order valence-electron chi connectivity index (χ4n) is 1.26. The fraction of sp³-hybridized carbons (Fsp3) is 0.444. The van der Waals surface area contributed by atoms with E-state index < -0.39 is 17.7 Å². The Labute approximate surface area is 81.2 Å². The van der Waals surface area contributed by atoms with Crippen LogP contribution in [0.5, 0.6) is 0 Å². The zero-order valence-corrected chi connectivity index (χ0v) is 8.02. The molecule has 0 amide bonds. The molecule has 0 fully saturated rings. The number of carboxylic acid groups (broad SMARTS) is 1. The van der Waals surface area contributed by atoms with Gasteiger partial charge in [-0.15, -0.1) is 0 Å². The molecule has 76 valence electrons. The summed E-state index contributed by atoms with van der Waals surface area (Å²) in [6, 6.07) is 0. The van der Waals surface area contributed by atoms with Gasteiger partial charge in [0.05, 0.1) is 12.5 Å². The SMILES string of the molecule is CC(C)C(C(=O)O)C(=O)c1cnc[nH]1. The second-order valence-corrected chi connectivity index (χ2v) is 3.39. The van der Waals surface area contributed by atoms with E-state index in [0.717, 1.165) is 0 Å². The Kier molecular flexibility index (Phi) is 3.01. The molecule has 1 heterocycles. The van der Waals surface area contributed by atoms with Crippen LogP contribution < -0.4 is 0 Å². The first-order valence-corrected chi connectivity index (χ1v) is 4.29. The molecule has 0 spiro atoms. The van der Waals surface area contributed by atoms with Crippen LogP contribution in [0.25, 0.3) is 0 Å². The second kappa shape index (κ2) is 4.04. The van der Waals surface area contributed by atoms with E-state index in [1.54, 1.807) is 13.8 Å². The number of carbonyl (C=O) groups is 2. The molecule has 0 aliphatic heterocycles. The maximum absolute atomic E-state index is 11.6. The van der Waals surface area contributed by atoms with Gasteiger partial charge >= 0.3 is 5.97 Å². The number of H-pyrrole nitrogens is 1. The molecule has 0 radical (unpaired) electrons. The Morgan fingerprint density at radius 1 is 1.50 bits per heavy atom. The lowest BCUT2D eigenvalue weighted by Crippen LogP contribution is -2.28. The molecule has 0 aliphatic rings. The van der Waals surface area contributed by atoms with Crippen LogP contribution >= 0.6 is 0 Å². The molecule has 0 bridgehead atoms. The molecule has 1 aromatic rings. The number of aliphatic carboxylic acids is 1. The van der Waals surface area contributed by atoms with Crippen LogP contribution in [0.15, 0.2) is 12.5 Å². The van der Waals surface area contributed by atoms with Gasteiger partial charge in [-0.05, 0) is 5.92 Å². The lowest BCUT2D eigenvalue weighted by molar-refractivity contribution is -0.141. The standard InChI is InChI=1S/C9H12N2O3/c1-5(2)7(9(13)14)8(12)6-3-10-4-11-6/h3-5,7H,1-2H3,(H,10,11)(H,13,14). The first kappa shape index (κ1) is 10.4. The number of carboxylic acids is 1. The van der Waals surface area contributed by atoms with Crippen molar-refractivity contribution in [1.29, 1.82) is 0 Å². The van der Waals surface area contributed by atoms with Gasteiger partial charge in [0.25, 0.3) is 0 Å². The van der Waals surface area contributed by atoms with Crippen molar-refractivity contribution in [2.24, 2.45) is 11.8 Å². The van der Waals surface area contributed by atoms with E-state index in [-0.39, 0.29) is 11.6 Å². The van der Waals surface area contributed by atoms with Gasteiger partial charge in [0.1, 0.15) is 11.6 Å². The number of Topliss-reactive ketones (excluding diaryl/α,β-unsaturated/α-hetero) is 1. The first-order chi connectivity index (χ1) is 6.54. The summed E-state index contributed by atoms with van der Waals surface area (Å²) < 4.78 is 0. The number of imidazole rings is 1. The van der Waals surface area contributed by atoms with Crippen molar-refractivity contribution < 1.29 is 14.7 Å². The van der Waals surface area contributed by atoms with Crippen LogP contribution in [0.2, 0.25) is 0 Å². The Balaban J connectivity index is 2.91. The summed E-state index contributed by atoms with van der Waals surface area (Å²) in [5, 5.41) is 8.86. The second-order valence-electron chi connectivity index (χ2n) is 3.39. The molecular weight excluding hydrogens is 184 g/mol. The molecule has 0 aromatic carbocycles. The number of hydrogen-bond donors (Lipinski definition) is 2. The maximum atomic E-state index is 11.6. The lowest BCUT2D eigenvalue weighted by atomic mass is 9.90. The Bertz CT molecular complexity index is 330. The van der Waals surface area contributed by atoms with Crippen LogP contribution in [-0.4, -0.2) is 26.8 Å².